The van der Waals surface area contributed by atoms with E-state index in [4.69, 9.17) is 0 Å². The summed E-state index contributed by atoms with van der Waals surface area (Å²) >= 11 is 0. The Morgan fingerprint density at radius 2 is 2.24 bits per heavy atom. The molecule has 1 N–H and O–H groups in total. The molecule has 1 saturated carbocycles. The van der Waals surface area contributed by atoms with Crippen molar-refractivity contribution >= 4 is 11.6 Å². The van der Waals surface area contributed by atoms with E-state index in [2.05, 4.69) is 20.0 Å². The molecule has 0 bridgehead atoms. The van der Waals surface area contributed by atoms with E-state index < -0.39 is 0 Å². The van der Waals surface area contributed by atoms with Crippen LogP contribution in [0.3, 0.4) is 0 Å². The molecule has 2 aromatic heterocycles. The second kappa shape index (κ2) is 5.02. The number of aromatic nitrogens is 4. The minimum absolute atomic E-state index is 0.00644. The number of hydrogen-bond acceptors (Lipinski definition) is 3. The summed E-state index contributed by atoms with van der Waals surface area (Å²) in [5.74, 6) is 1.09. The number of anilines is 1. The maximum absolute atomic E-state index is 12.4. The molecule has 21 heavy (non-hydrogen) atoms. The number of hydrogen-bond donors (Lipinski definition) is 1. The second-order valence-electron chi connectivity index (χ2n) is 6.01. The summed E-state index contributed by atoms with van der Waals surface area (Å²) in [6.45, 7) is 0.870. The molecule has 1 fully saturated rings. The molecule has 6 nitrogen and oxygen atoms in total. The lowest BCUT2D eigenvalue weighted by Gasteiger charge is -2.25. The summed E-state index contributed by atoms with van der Waals surface area (Å²) < 4.78 is 4.10. The van der Waals surface area contributed by atoms with E-state index in [9.17, 15) is 4.79 Å². The fourth-order valence-electron chi connectivity index (χ4n) is 3.07. The smallest absolute Gasteiger partial charge is 0.228 e. The average molecular weight is 285 g/mol. The summed E-state index contributed by atoms with van der Waals surface area (Å²) in [7, 11) is 0. The highest BCUT2D eigenvalue weighted by Crippen LogP contribution is 2.31. The van der Waals surface area contributed by atoms with Gasteiger partial charge in [0.25, 0.3) is 0 Å². The van der Waals surface area contributed by atoms with Crippen LogP contribution in [0.2, 0.25) is 0 Å². The Balaban J connectivity index is 1.40. The van der Waals surface area contributed by atoms with Crippen molar-refractivity contribution in [2.75, 3.05) is 5.32 Å². The lowest BCUT2D eigenvalue weighted by Crippen LogP contribution is -2.30. The van der Waals surface area contributed by atoms with E-state index in [1.807, 2.05) is 17.1 Å². The van der Waals surface area contributed by atoms with E-state index in [1.54, 1.807) is 12.4 Å². The van der Waals surface area contributed by atoms with Gasteiger partial charge in [-0.25, -0.2) is 4.98 Å². The van der Waals surface area contributed by atoms with Gasteiger partial charge in [-0.15, -0.1) is 0 Å². The fourth-order valence-corrected chi connectivity index (χ4v) is 3.07. The highest BCUT2D eigenvalue weighted by Gasteiger charge is 2.26. The number of nitrogens with one attached hydrogen (secondary N) is 1. The van der Waals surface area contributed by atoms with Crippen molar-refractivity contribution in [3.8, 4) is 0 Å². The molecule has 1 aliphatic carbocycles. The first-order valence-corrected chi connectivity index (χ1v) is 7.64. The zero-order valence-corrected chi connectivity index (χ0v) is 11.9. The number of imidazole rings is 1. The molecular formula is C15H19N5O. The van der Waals surface area contributed by atoms with Crippen molar-refractivity contribution in [1.82, 2.24) is 19.3 Å². The summed E-state index contributed by atoms with van der Waals surface area (Å²) in [4.78, 5) is 16.7. The molecule has 2 aliphatic rings. The van der Waals surface area contributed by atoms with E-state index in [1.165, 1.54) is 19.3 Å². The van der Waals surface area contributed by atoms with Gasteiger partial charge in [-0.2, -0.15) is 5.10 Å². The molecule has 4 rings (SSSR count). The Hall–Kier alpha value is -2.11. The van der Waals surface area contributed by atoms with Gasteiger partial charge >= 0.3 is 0 Å². The molecular weight excluding hydrogens is 266 g/mol. The van der Waals surface area contributed by atoms with Gasteiger partial charge in [0.1, 0.15) is 5.82 Å². The van der Waals surface area contributed by atoms with Gasteiger partial charge in [-0.1, -0.05) is 0 Å². The fraction of sp³-hybridized carbons (Fsp3) is 0.533. The lowest BCUT2D eigenvalue weighted by molar-refractivity contribution is -0.120. The molecule has 1 amide bonds. The molecule has 0 aromatic carbocycles. The number of carbonyl (C=O) groups is 1. The van der Waals surface area contributed by atoms with E-state index in [0.717, 1.165) is 30.9 Å². The Morgan fingerprint density at radius 3 is 3.05 bits per heavy atom. The molecule has 1 unspecified atom stereocenters. The SMILES string of the molecule is O=C(Nc1cnn(C2CCC2)c1)C1CCn2ccnc2C1. The average Bonchev–Trinajstić information content (AvgIpc) is 3.05. The Bertz CT molecular complexity index is 655. The van der Waals surface area contributed by atoms with Gasteiger partial charge in [0.2, 0.25) is 5.91 Å². The highest BCUT2D eigenvalue weighted by atomic mass is 16.1. The summed E-state index contributed by atoms with van der Waals surface area (Å²) in [5.41, 5.74) is 0.806. The molecule has 110 valence electrons. The van der Waals surface area contributed by atoms with Gasteiger partial charge in [0, 0.05) is 37.5 Å². The maximum atomic E-state index is 12.4. The summed E-state index contributed by atoms with van der Waals surface area (Å²) in [6.07, 6.45) is 12.7. The molecule has 0 spiro atoms. The minimum Gasteiger partial charge on any atom is -0.335 e. The zero-order chi connectivity index (χ0) is 14.2. The van der Waals surface area contributed by atoms with Crippen LogP contribution < -0.4 is 5.32 Å². The molecule has 1 aliphatic heterocycles. The van der Waals surface area contributed by atoms with Gasteiger partial charge < -0.3 is 9.88 Å². The van der Waals surface area contributed by atoms with Crippen LogP contribution in [0.5, 0.6) is 0 Å². The number of nitrogens with zero attached hydrogens (tertiary/aromatic N) is 4. The van der Waals surface area contributed by atoms with E-state index in [0.29, 0.717) is 6.04 Å². The molecule has 0 radical (unpaired) electrons. The predicted molar refractivity (Wildman–Crippen MR) is 77.8 cm³/mol. The monoisotopic (exact) mass is 285 g/mol. The van der Waals surface area contributed by atoms with Crippen LogP contribution in [0.4, 0.5) is 5.69 Å². The van der Waals surface area contributed by atoms with Crippen LogP contribution >= 0.6 is 0 Å². The first-order valence-electron chi connectivity index (χ1n) is 7.64. The third-order valence-corrected chi connectivity index (χ3v) is 4.64. The summed E-state index contributed by atoms with van der Waals surface area (Å²) in [5, 5.41) is 7.35. The number of carbonyl (C=O) groups excluding carboxylic acids is 1. The standard InChI is InChI=1S/C15H19N5O/c21-15(11-4-6-19-7-5-16-14(19)8-11)18-12-9-17-20(10-12)13-2-1-3-13/h5,7,9-11,13H,1-4,6,8H2,(H,18,21). The van der Waals surface area contributed by atoms with Gasteiger partial charge in [0.05, 0.1) is 17.9 Å². The Labute approximate surface area is 123 Å². The quantitative estimate of drug-likeness (QED) is 0.938. The van der Waals surface area contributed by atoms with E-state index >= 15 is 0 Å². The van der Waals surface area contributed by atoms with Crippen LogP contribution in [-0.4, -0.2) is 25.2 Å². The minimum atomic E-state index is 0.00644. The number of fused-ring (bicyclic) bond motifs is 1. The van der Waals surface area contributed by atoms with Gasteiger partial charge in [-0.05, 0) is 25.7 Å². The summed E-state index contributed by atoms with van der Waals surface area (Å²) in [6, 6.07) is 0.526. The number of amides is 1. The van der Waals surface area contributed by atoms with Gasteiger partial charge in [-0.3, -0.25) is 9.48 Å². The Morgan fingerprint density at radius 1 is 1.33 bits per heavy atom. The lowest BCUT2D eigenvalue weighted by atomic mass is 9.93. The van der Waals surface area contributed by atoms with Crippen molar-refractivity contribution in [3.63, 3.8) is 0 Å². The largest absolute Gasteiger partial charge is 0.335 e. The molecule has 6 heteroatoms. The predicted octanol–water partition coefficient (Wildman–Crippen LogP) is 2.01. The van der Waals surface area contributed by atoms with Crippen molar-refractivity contribution in [3.05, 3.63) is 30.6 Å². The second-order valence-corrected chi connectivity index (χ2v) is 6.01. The van der Waals surface area contributed by atoms with Crippen molar-refractivity contribution in [1.29, 1.82) is 0 Å². The topological polar surface area (TPSA) is 64.7 Å². The molecule has 2 aromatic rings. The normalized spacial score (nSPS) is 21.6. The van der Waals surface area contributed by atoms with Crippen LogP contribution in [0.15, 0.2) is 24.8 Å². The highest BCUT2D eigenvalue weighted by molar-refractivity contribution is 5.92. The maximum Gasteiger partial charge on any atom is 0.228 e. The number of aryl methyl sites for hydroxylation is 1. The van der Waals surface area contributed by atoms with Crippen molar-refractivity contribution in [2.24, 2.45) is 5.92 Å². The number of rotatable bonds is 3. The van der Waals surface area contributed by atoms with Crippen LogP contribution in [0.1, 0.15) is 37.5 Å². The molecule has 3 heterocycles. The first-order chi connectivity index (χ1) is 10.3. The van der Waals surface area contributed by atoms with Crippen LogP contribution in [-0.2, 0) is 17.8 Å². The molecule has 0 saturated heterocycles. The first kappa shape index (κ1) is 12.6. The zero-order valence-electron chi connectivity index (χ0n) is 11.9. The Kier molecular flexibility index (Phi) is 3.02. The van der Waals surface area contributed by atoms with Crippen molar-refractivity contribution in [2.45, 2.75) is 44.7 Å². The van der Waals surface area contributed by atoms with E-state index in [-0.39, 0.29) is 11.8 Å². The van der Waals surface area contributed by atoms with Crippen LogP contribution in [0.25, 0.3) is 0 Å². The third kappa shape index (κ3) is 2.34. The third-order valence-electron chi connectivity index (χ3n) is 4.64. The molecule has 1 atom stereocenters. The van der Waals surface area contributed by atoms with Crippen molar-refractivity contribution < 1.29 is 4.79 Å². The van der Waals surface area contributed by atoms with Gasteiger partial charge in [0.15, 0.2) is 0 Å². The van der Waals surface area contributed by atoms with Crippen LogP contribution in [0, 0.1) is 5.92 Å².